The van der Waals surface area contributed by atoms with Gasteiger partial charge in [-0.2, -0.15) is 0 Å². The predicted octanol–water partition coefficient (Wildman–Crippen LogP) is -2.38. The molecule has 4 amide bonds. The molecule has 18 nitrogen and oxygen atoms in total. The number of carbonyl (C=O) groups excluding carboxylic acids is 5. The van der Waals surface area contributed by atoms with Gasteiger partial charge in [-0.1, -0.05) is 19.3 Å². The Bertz CT molecular complexity index is 1030. The van der Waals surface area contributed by atoms with Crippen molar-refractivity contribution < 1.29 is 54.0 Å². The molecule has 0 saturated heterocycles. The van der Waals surface area contributed by atoms with Crippen molar-refractivity contribution in [1.29, 1.82) is 0 Å². The fourth-order valence-corrected chi connectivity index (χ4v) is 4.65. The molecular formula is C31H57N7O11. The Hall–Kier alpha value is -3.71. The molecule has 18 heteroatoms. The third kappa shape index (κ3) is 22.5. The Kier molecular flexibility index (Phi) is 26.0. The maximum atomic E-state index is 12.9. The van der Waals surface area contributed by atoms with Crippen LogP contribution in [0.2, 0.25) is 0 Å². The zero-order chi connectivity index (χ0) is 37.0. The van der Waals surface area contributed by atoms with E-state index in [1.165, 1.54) is 0 Å². The lowest BCUT2D eigenvalue weighted by atomic mass is 10.1. The SMILES string of the molecule is NCCCC[C@H](NCCCCCCNC(=O)[C@H](CCCCN)NC(=O)[C@H](CO)NC(=O)CCC(=O)O)C(=O)N[C@@H](CO)C(=O)CCC(=O)O. The Morgan fingerprint density at radius 2 is 1.02 bits per heavy atom. The summed E-state index contributed by atoms with van der Waals surface area (Å²) >= 11 is 0. The van der Waals surface area contributed by atoms with Crippen molar-refractivity contribution in [3.63, 3.8) is 0 Å². The molecule has 0 aliphatic rings. The van der Waals surface area contributed by atoms with Gasteiger partial charge in [0.1, 0.15) is 18.1 Å². The molecule has 0 fully saturated rings. The maximum absolute atomic E-state index is 12.9. The Morgan fingerprint density at radius 1 is 0.510 bits per heavy atom. The summed E-state index contributed by atoms with van der Waals surface area (Å²) in [5.74, 6) is -5.31. The highest BCUT2D eigenvalue weighted by atomic mass is 16.4. The molecule has 0 heterocycles. The molecule has 0 rings (SSSR count). The largest absolute Gasteiger partial charge is 0.481 e. The van der Waals surface area contributed by atoms with Crippen LogP contribution in [0.25, 0.3) is 0 Å². The summed E-state index contributed by atoms with van der Waals surface area (Å²) in [5.41, 5.74) is 11.1. The van der Waals surface area contributed by atoms with E-state index in [1.54, 1.807) is 0 Å². The minimum atomic E-state index is -1.35. The smallest absolute Gasteiger partial charge is 0.303 e. The fraction of sp³-hybridized carbons (Fsp3) is 0.774. The number of unbranched alkanes of at least 4 members (excludes halogenated alkanes) is 5. The van der Waals surface area contributed by atoms with Crippen molar-refractivity contribution in [3.8, 4) is 0 Å². The molecule has 0 bridgehead atoms. The second-order valence-corrected chi connectivity index (χ2v) is 11.6. The topological polar surface area (TPSA) is 313 Å². The molecule has 0 unspecified atom stereocenters. The number of ketones is 1. The molecule has 0 spiro atoms. The van der Waals surface area contributed by atoms with E-state index in [4.69, 9.17) is 21.7 Å². The minimum absolute atomic E-state index is 0.279. The number of aliphatic carboxylic acids is 2. The standard InChI is InChI=1S/C31H57N7O11/c32-15-5-3-9-21(30(48)38-23(19-39)25(41)11-13-27(43)44)34-17-7-1-2-8-18-35-29(47)22(10-4-6-16-33)37-31(49)24(20-40)36-26(42)12-14-28(45)46/h21-24,34,39-40H,1-20,32-33H2,(H,35,47)(H,36,42)(H,37,49)(H,38,48)(H,43,44)(H,45,46)/t21-,22-,23-,24-/m0/s1. The molecule has 0 saturated carbocycles. The number of amides is 4. The van der Waals surface area contributed by atoms with E-state index in [2.05, 4.69) is 26.6 Å². The van der Waals surface area contributed by atoms with Crippen molar-refractivity contribution in [2.75, 3.05) is 39.4 Å². The van der Waals surface area contributed by atoms with Crippen LogP contribution in [-0.2, 0) is 33.6 Å². The van der Waals surface area contributed by atoms with Crippen LogP contribution in [0.4, 0.5) is 0 Å². The molecule has 0 aromatic carbocycles. The van der Waals surface area contributed by atoms with Gasteiger partial charge in [-0.25, -0.2) is 0 Å². The molecule has 0 radical (unpaired) electrons. The summed E-state index contributed by atoms with van der Waals surface area (Å²) in [6, 6.07) is -4.12. The third-order valence-electron chi connectivity index (χ3n) is 7.51. The average Bonchev–Trinajstić information content (AvgIpc) is 3.07. The molecule has 0 aliphatic heterocycles. The lowest BCUT2D eigenvalue weighted by molar-refractivity contribution is -0.139. The van der Waals surface area contributed by atoms with E-state index < -0.39 is 91.6 Å². The van der Waals surface area contributed by atoms with Gasteiger partial charge in [0.15, 0.2) is 5.78 Å². The Morgan fingerprint density at radius 3 is 1.57 bits per heavy atom. The van der Waals surface area contributed by atoms with Crippen molar-refractivity contribution in [2.45, 2.75) is 114 Å². The van der Waals surface area contributed by atoms with Crippen LogP contribution in [0.15, 0.2) is 0 Å². The van der Waals surface area contributed by atoms with Gasteiger partial charge in [0.2, 0.25) is 23.6 Å². The van der Waals surface area contributed by atoms with E-state index in [0.717, 1.165) is 12.8 Å². The fourth-order valence-electron chi connectivity index (χ4n) is 4.65. The quantitative estimate of drug-likeness (QED) is 0.0336. The van der Waals surface area contributed by atoms with Crippen molar-refractivity contribution in [2.24, 2.45) is 11.5 Å². The first-order valence-corrected chi connectivity index (χ1v) is 16.9. The van der Waals surface area contributed by atoms with Gasteiger partial charge in [0.05, 0.1) is 32.1 Å². The first-order chi connectivity index (χ1) is 23.4. The van der Waals surface area contributed by atoms with Crippen LogP contribution in [0.5, 0.6) is 0 Å². The number of carboxylic acids is 2. The number of carbonyl (C=O) groups is 7. The first kappa shape index (κ1) is 45.3. The van der Waals surface area contributed by atoms with Crippen molar-refractivity contribution in [1.82, 2.24) is 26.6 Å². The molecular weight excluding hydrogens is 646 g/mol. The number of Topliss-reactive ketones (excluding diaryl/α,β-unsaturated/α-hetero) is 1. The number of hydrogen-bond donors (Lipinski definition) is 11. The van der Waals surface area contributed by atoms with Crippen LogP contribution in [0, 0.1) is 0 Å². The van der Waals surface area contributed by atoms with E-state index in [9.17, 15) is 43.8 Å². The monoisotopic (exact) mass is 703 g/mol. The Labute approximate surface area is 286 Å². The van der Waals surface area contributed by atoms with Gasteiger partial charge in [-0.3, -0.25) is 33.6 Å². The average molecular weight is 704 g/mol. The highest BCUT2D eigenvalue weighted by molar-refractivity contribution is 5.93. The normalized spacial score (nSPS) is 13.4. The zero-order valence-corrected chi connectivity index (χ0v) is 28.3. The second-order valence-electron chi connectivity index (χ2n) is 11.6. The van der Waals surface area contributed by atoms with Crippen molar-refractivity contribution in [3.05, 3.63) is 0 Å². The summed E-state index contributed by atoms with van der Waals surface area (Å²) < 4.78 is 0. The van der Waals surface area contributed by atoms with Crippen molar-refractivity contribution >= 4 is 41.4 Å². The highest BCUT2D eigenvalue weighted by Crippen LogP contribution is 2.06. The summed E-state index contributed by atoms with van der Waals surface area (Å²) in [6.07, 6.45) is 4.58. The number of aliphatic hydroxyl groups excluding tert-OH is 2. The van der Waals surface area contributed by atoms with Gasteiger partial charge >= 0.3 is 11.9 Å². The number of carboxylic acid groups (broad SMARTS) is 2. The van der Waals surface area contributed by atoms with E-state index in [-0.39, 0.29) is 19.3 Å². The van der Waals surface area contributed by atoms with Crippen LogP contribution in [0.3, 0.4) is 0 Å². The number of aliphatic hydroxyl groups is 2. The van der Waals surface area contributed by atoms with Crippen LogP contribution in [-0.4, -0.2) is 125 Å². The first-order valence-electron chi connectivity index (χ1n) is 16.9. The molecule has 13 N–H and O–H groups in total. The van der Waals surface area contributed by atoms with E-state index in [0.29, 0.717) is 71.1 Å². The maximum Gasteiger partial charge on any atom is 0.303 e. The lowest BCUT2D eigenvalue weighted by Crippen LogP contribution is -2.55. The predicted molar refractivity (Wildman–Crippen MR) is 178 cm³/mol. The zero-order valence-electron chi connectivity index (χ0n) is 28.3. The van der Waals surface area contributed by atoms with Gasteiger partial charge in [-0.15, -0.1) is 0 Å². The van der Waals surface area contributed by atoms with Crippen LogP contribution in [0.1, 0.15) is 89.9 Å². The number of nitrogens with two attached hydrogens (primary N) is 2. The van der Waals surface area contributed by atoms with E-state index >= 15 is 0 Å². The molecule has 282 valence electrons. The molecule has 0 aromatic rings. The van der Waals surface area contributed by atoms with Crippen LogP contribution >= 0.6 is 0 Å². The number of nitrogens with one attached hydrogen (secondary N) is 5. The summed E-state index contributed by atoms with van der Waals surface area (Å²) in [5, 5.41) is 49.9. The second kappa shape index (κ2) is 28.2. The van der Waals surface area contributed by atoms with Gasteiger partial charge in [0, 0.05) is 19.4 Å². The molecule has 49 heavy (non-hydrogen) atoms. The molecule has 0 aromatic heterocycles. The van der Waals surface area contributed by atoms with Gasteiger partial charge in [0.25, 0.3) is 0 Å². The Balaban J connectivity index is 4.80. The molecule has 0 aliphatic carbocycles. The highest BCUT2D eigenvalue weighted by Gasteiger charge is 2.27. The van der Waals surface area contributed by atoms with Crippen LogP contribution < -0.4 is 38.1 Å². The summed E-state index contributed by atoms with van der Waals surface area (Å²) in [4.78, 5) is 84.0. The van der Waals surface area contributed by atoms with Gasteiger partial charge < -0.3 is 58.5 Å². The lowest BCUT2D eigenvalue weighted by Gasteiger charge is -2.22. The van der Waals surface area contributed by atoms with Gasteiger partial charge in [-0.05, 0) is 64.6 Å². The minimum Gasteiger partial charge on any atom is -0.481 e. The number of rotatable bonds is 31. The number of hydrogen-bond acceptors (Lipinski definition) is 12. The summed E-state index contributed by atoms with van der Waals surface area (Å²) in [7, 11) is 0. The third-order valence-corrected chi connectivity index (χ3v) is 7.51. The summed E-state index contributed by atoms with van der Waals surface area (Å²) in [6.45, 7) is 0.274. The molecule has 4 atom stereocenters. The van der Waals surface area contributed by atoms with E-state index in [1.807, 2.05) is 0 Å².